The van der Waals surface area contributed by atoms with Crippen LogP contribution in [0.5, 0.6) is 0 Å². The first-order chi connectivity index (χ1) is 8.13. The summed E-state index contributed by atoms with van der Waals surface area (Å²) in [7, 11) is 2.23. The minimum Gasteiger partial charge on any atom is -0.297 e. The standard InChI is InChI=1S/C12H20BrN3S/c1-4-16-11(12(13)9(2)14-16)7-15(3)10-5-6-17-8-10/h10H,4-8H2,1-3H3. The van der Waals surface area contributed by atoms with Crippen molar-refractivity contribution >= 4 is 27.7 Å². The van der Waals surface area contributed by atoms with Gasteiger partial charge in [-0.05, 0) is 49.0 Å². The third kappa shape index (κ3) is 2.88. The van der Waals surface area contributed by atoms with Gasteiger partial charge in [-0.1, -0.05) is 0 Å². The first-order valence-electron chi connectivity index (χ1n) is 6.13. The molecule has 17 heavy (non-hydrogen) atoms. The lowest BCUT2D eigenvalue weighted by Gasteiger charge is -2.23. The van der Waals surface area contributed by atoms with Gasteiger partial charge >= 0.3 is 0 Å². The molecule has 0 spiro atoms. The molecule has 0 bridgehead atoms. The number of aryl methyl sites for hydroxylation is 2. The monoisotopic (exact) mass is 317 g/mol. The molecule has 3 nitrogen and oxygen atoms in total. The lowest BCUT2D eigenvalue weighted by molar-refractivity contribution is 0.246. The second-order valence-corrected chi connectivity index (χ2v) is 6.54. The lowest BCUT2D eigenvalue weighted by Crippen LogP contribution is -2.31. The van der Waals surface area contributed by atoms with Gasteiger partial charge in [-0.3, -0.25) is 9.58 Å². The molecule has 5 heteroatoms. The molecule has 0 aromatic carbocycles. The van der Waals surface area contributed by atoms with Crippen molar-refractivity contribution in [3.8, 4) is 0 Å². The number of thioether (sulfide) groups is 1. The maximum Gasteiger partial charge on any atom is 0.0739 e. The van der Waals surface area contributed by atoms with Gasteiger partial charge in [0.15, 0.2) is 0 Å². The largest absolute Gasteiger partial charge is 0.297 e. The molecule has 1 aromatic rings. The average Bonchev–Trinajstić information content (AvgIpc) is 2.92. The number of hydrogen-bond acceptors (Lipinski definition) is 3. The zero-order valence-electron chi connectivity index (χ0n) is 10.7. The number of hydrogen-bond donors (Lipinski definition) is 0. The predicted molar refractivity (Wildman–Crippen MR) is 77.5 cm³/mol. The Bertz CT molecular complexity index is 385. The normalized spacial score (nSPS) is 20.4. The molecule has 1 atom stereocenters. The van der Waals surface area contributed by atoms with Crippen LogP contribution in [0.15, 0.2) is 4.47 Å². The molecule has 0 amide bonds. The van der Waals surface area contributed by atoms with E-state index in [0.717, 1.165) is 24.8 Å². The van der Waals surface area contributed by atoms with Gasteiger partial charge in [0.1, 0.15) is 0 Å². The predicted octanol–water partition coefficient (Wildman–Crippen LogP) is 2.91. The van der Waals surface area contributed by atoms with Crippen molar-refractivity contribution in [1.82, 2.24) is 14.7 Å². The van der Waals surface area contributed by atoms with Crippen LogP contribution in [0.2, 0.25) is 0 Å². The van der Waals surface area contributed by atoms with Crippen LogP contribution in [0.3, 0.4) is 0 Å². The van der Waals surface area contributed by atoms with Crippen LogP contribution in [0, 0.1) is 6.92 Å². The van der Waals surface area contributed by atoms with E-state index in [4.69, 9.17) is 0 Å². The quantitative estimate of drug-likeness (QED) is 0.852. The van der Waals surface area contributed by atoms with E-state index < -0.39 is 0 Å². The Kier molecular flexibility index (Phi) is 4.55. The van der Waals surface area contributed by atoms with E-state index in [0.29, 0.717) is 0 Å². The molecular weight excluding hydrogens is 298 g/mol. The van der Waals surface area contributed by atoms with E-state index in [1.54, 1.807) is 0 Å². The summed E-state index contributed by atoms with van der Waals surface area (Å²) in [6.45, 7) is 6.13. The molecule has 1 unspecified atom stereocenters. The van der Waals surface area contributed by atoms with Crippen molar-refractivity contribution in [3.05, 3.63) is 15.9 Å². The summed E-state index contributed by atoms with van der Waals surface area (Å²) >= 11 is 5.73. The van der Waals surface area contributed by atoms with E-state index in [1.807, 2.05) is 0 Å². The second kappa shape index (κ2) is 5.76. The maximum atomic E-state index is 4.55. The highest BCUT2D eigenvalue weighted by atomic mass is 79.9. The van der Waals surface area contributed by atoms with E-state index in [1.165, 1.54) is 28.1 Å². The van der Waals surface area contributed by atoms with E-state index in [9.17, 15) is 0 Å². The third-order valence-electron chi connectivity index (χ3n) is 3.38. The summed E-state index contributed by atoms with van der Waals surface area (Å²) in [5, 5.41) is 4.55. The molecule has 0 aliphatic carbocycles. The summed E-state index contributed by atoms with van der Waals surface area (Å²) in [5.74, 6) is 2.58. The fourth-order valence-electron chi connectivity index (χ4n) is 2.26. The van der Waals surface area contributed by atoms with Crippen LogP contribution >= 0.6 is 27.7 Å². The molecular formula is C12H20BrN3S. The summed E-state index contributed by atoms with van der Waals surface area (Å²) in [6.07, 6.45) is 1.32. The molecule has 1 aromatic heterocycles. The van der Waals surface area contributed by atoms with Gasteiger partial charge in [0.05, 0.1) is 15.9 Å². The van der Waals surface area contributed by atoms with Crippen molar-refractivity contribution in [2.45, 2.75) is 39.4 Å². The van der Waals surface area contributed by atoms with Crippen molar-refractivity contribution in [1.29, 1.82) is 0 Å². The number of nitrogens with zero attached hydrogens (tertiary/aromatic N) is 3. The van der Waals surface area contributed by atoms with Gasteiger partial charge in [-0.25, -0.2) is 0 Å². The molecule has 1 aliphatic rings. The highest BCUT2D eigenvalue weighted by Crippen LogP contribution is 2.26. The fraction of sp³-hybridized carbons (Fsp3) is 0.750. The van der Waals surface area contributed by atoms with Crippen molar-refractivity contribution in [2.24, 2.45) is 0 Å². The third-order valence-corrected chi connectivity index (χ3v) is 5.56. The summed E-state index contributed by atoms with van der Waals surface area (Å²) in [6, 6.07) is 0.729. The topological polar surface area (TPSA) is 21.1 Å². The Morgan fingerprint density at radius 2 is 2.35 bits per heavy atom. The van der Waals surface area contributed by atoms with Crippen molar-refractivity contribution in [3.63, 3.8) is 0 Å². The van der Waals surface area contributed by atoms with Crippen LogP contribution in [-0.2, 0) is 13.1 Å². The van der Waals surface area contributed by atoms with Crippen LogP contribution in [-0.4, -0.2) is 39.3 Å². The van der Waals surface area contributed by atoms with Gasteiger partial charge in [0.2, 0.25) is 0 Å². The van der Waals surface area contributed by atoms with E-state index in [2.05, 4.69) is 63.3 Å². The van der Waals surface area contributed by atoms with Crippen LogP contribution in [0.25, 0.3) is 0 Å². The minimum absolute atomic E-state index is 0.729. The summed E-state index contributed by atoms with van der Waals surface area (Å²) in [4.78, 5) is 2.47. The van der Waals surface area contributed by atoms with E-state index in [-0.39, 0.29) is 0 Å². The Hall–Kier alpha value is -0.0000000000000000555. The van der Waals surface area contributed by atoms with Gasteiger partial charge in [-0.2, -0.15) is 16.9 Å². The Balaban J connectivity index is 2.11. The summed E-state index contributed by atoms with van der Waals surface area (Å²) in [5.41, 5.74) is 2.40. The zero-order chi connectivity index (χ0) is 12.4. The molecule has 1 fully saturated rings. The Morgan fingerprint density at radius 1 is 1.59 bits per heavy atom. The van der Waals surface area contributed by atoms with Gasteiger partial charge in [0, 0.05) is 24.9 Å². The first kappa shape index (κ1) is 13.4. The minimum atomic E-state index is 0.729. The van der Waals surface area contributed by atoms with Gasteiger partial charge in [0.25, 0.3) is 0 Å². The molecule has 2 heterocycles. The molecule has 1 aliphatic heterocycles. The highest BCUT2D eigenvalue weighted by Gasteiger charge is 2.22. The second-order valence-electron chi connectivity index (χ2n) is 4.59. The van der Waals surface area contributed by atoms with Crippen LogP contribution in [0.1, 0.15) is 24.7 Å². The van der Waals surface area contributed by atoms with Crippen LogP contribution in [0.4, 0.5) is 0 Å². The van der Waals surface area contributed by atoms with Crippen LogP contribution < -0.4 is 0 Å². The smallest absolute Gasteiger partial charge is 0.0739 e. The molecule has 0 N–H and O–H groups in total. The van der Waals surface area contributed by atoms with Gasteiger partial charge < -0.3 is 0 Å². The lowest BCUT2D eigenvalue weighted by atomic mass is 10.2. The number of rotatable bonds is 4. The average molecular weight is 318 g/mol. The first-order valence-corrected chi connectivity index (χ1v) is 8.08. The molecule has 0 saturated carbocycles. The SMILES string of the molecule is CCn1nc(C)c(Br)c1CN(C)C1CCSC1. The number of aromatic nitrogens is 2. The highest BCUT2D eigenvalue weighted by molar-refractivity contribution is 9.10. The fourth-order valence-corrected chi connectivity index (χ4v) is 3.96. The van der Waals surface area contributed by atoms with E-state index >= 15 is 0 Å². The van der Waals surface area contributed by atoms with Crippen molar-refractivity contribution in [2.75, 3.05) is 18.6 Å². The molecule has 96 valence electrons. The zero-order valence-corrected chi connectivity index (χ0v) is 13.1. The molecule has 0 radical (unpaired) electrons. The number of halogens is 1. The molecule has 1 saturated heterocycles. The van der Waals surface area contributed by atoms with Gasteiger partial charge in [-0.15, -0.1) is 0 Å². The Labute approximate surface area is 116 Å². The molecule has 2 rings (SSSR count). The summed E-state index contributed by atoms with van der Waals surface area (Å²) < 4.78 is 3.29. The Morgan fingerprint density at radius 3 is 2.94 bits per heavy atom. The van der Waals surface area contributed by atoms with Crippen molar-refractivity contribution < 1.29 is 0 Å². The maximum absolute atomic E-state index is 4.55.